The highest BCUT2D eigenvalue weighted by molar-refractivity contribution is 6.06. The minimum atomic E-state index is -0.288. The van der Waals surface area contributed by atoms with Crippen molar-refractivity contribution in [2.24, 2.45) is 7.05 Å². The lowest BCUT2D eigenvalue weighted by Gasteiger charge is -2.26. The molecule has 2 aliphatic heterocycles. The zero-order valence-electron chi connectivity index (χ0n) is 23.5. The van der Waals surface area contributed by atoms with Crippen LogP contribution in [0.25, 0.3) is 11.3 Å². The summed E-state index contributed by atoms with van der Waals surface area (Å²) in [7, 11) is 1.68. The molecule has 0 radical (unpaired) electrons. The number of benzene rings is 2. The summed E-state index contributed by atoms with van der Waals surface area (Å²) in [5.41, 5.74) is 4.81. The molecular formula is C31H31N7O4. The number of aromatic nitrogens is 3. The number of hydrogen-bond acceptors (Lipinski definition) is 7. The maximum Gasteiger partial charge on any atom is 0.329 e. The molecule has 0 saturated carbocycles. The third-order valence-electron chi connectivity index (χ3n) is 7.62. The number of morpholine rings is 1. The number of ether oxygens (including phenoxy) is 1. The SMILES string of the molecule is Cc1c(-c2cn(C)c(=O)c(Nc3ccc(C(=O)N4CCOCC4)cc3)n2)cccc1N1CCN(c2ccncc2)C1=O. The standard InChI is InChI=1S/C31H31N7O4/c1-21-25(4-3-5-27(21)38-15-14-37(31(38)41)24-10-12-32-13-11-24)26-20-35(2)30(40)28(34-26)33-23-8-6-22(7-9-23)29(39)36-16-18-42-19-17-36/h3-13,20H,14-19H2,1-2H3,(H,33,34). The fourth-order valence-electron chi connectivity index (χ4n) is 5.32. The first-order valence-corrected chi connectivity index (χ1v) is 13.8. The van der Waals surface area contributed by atoms with E-state index >= 15 is 0 Å². The summed E-state index contributed by atoms with van der Waals surface area (Å²) in [6.07, 6.45) is 5.04. The van der Waals surface area contributed by atoms with Crippen LogP contribution in [0.5, 0.6) is 0 Å². The fourth-order valence-corrected chi connectivity index (χ4v) is 5.32. The summed E-state index contributed by atoms with van der Waals surface area (Å²) in [5, 5.41) is 3.12. The third kappa shape index (κ3) is 5.21. The number of nitrogens with zero attached hydrogens (tertiary/aromatic N) is 6. The summed E-state index contributed by atoms with van der Waals surface area (Å²) >= 11 is 0. The zero-order valence-corrected chi connectivity index (χ0v) is 23.5. The van der Waals surface area contributed by atoms with Crippen molar-refractivity contribution in [1.82, 2.24) is 19.4 Å². The average Bonchev–Trinajstić information content (AvgIpc) is 3.41. The largest absolute Gasteiger partial charge is 0.378 e. The van der Waals surface area contributed by atoms with E-state index in [-0.39, 0.29) is 23.3 Å². The Balaban J connectivity index is 1.25. The van der Waals surface area contributed by atoms with Crippen molar-refractivity contribution >= 4 is 34.8 Å². The molecule has 1 N–H and O–H groups in total. The van der Waals surface area contributed by atoms with Gasteiger partial charge in [-0.05, 0) is 55.0 Å². The molecule has 4 aromatic rings. The summed E-state index contributed by atoms with van der Waals surface area (Å²) in [5.74, 6) is 0.116. The van der Waals surface area contributed by atoms with E-state index in [1.807, 2.05) is 37.3 Å². The van der Waals surface area contributed by atoms with Crippen molar-refractivity contribution in [3.05, 3.63) is 94.7 Å². The second-order valence-corrected chi connectivity index (χ2v) is 10.2. The van der Waals surface area contributed by atoms with Gasteiger partial charge in [-0.15, -0.1) is 0 Å². The Kier molecular flexibility index (Phi) is 7.41. The molecule has 42 heavy (non-hydrogen) atoms. The molecule has 2 saturated heterocycles. The number of urea groups is 1. The Morgan fingerprint density at radius 3 is 2.36 bits per heavy atom. The van der Waals surface area contributed by atoms with Gasteiger partial charge in [0, 0.05) is 80.0 Å². The molecule has 0 bridgehead atoms. The van der Waals surface area contributed by atoms with Gasteiger partial charge in [0.2, 0.25) is 0 Å². The fraction of sp³-hybridized carbons (Fsp3) is 0.258. The number of rotatable bonds is 6. The Morgan fingerprint density at radius 2 is 1.62 bits per heavy atom. The van der Waals surface area contributed by atoms with Gasteiger partial charge < -0.3 is 19.5 Å². The zero-order chi connectivity index (χ0) is 29.2. The highest BCUT2D eigenvalue weighted by Crippen LogP contribution is 2.33. The van der Waals surface area contributed by atoms with Crippen LogP contribution in [0.4, 0.5) is 27.7 Å². The van der Waals surface area contributed by atoms with Crippen LogP contribution in [0.3, 0.4) is 0 Å². The molecule has 11 heteroatoms. The Labute approximate surface area is 243 Å². The van der Waals surface area contributed by atoms with E-state index in [9.17, 15) is 14.4 Å². The van der Waals surface area contributed by atoms with E-state index < -0.39 is 0 Å². The first-order valence-electron chi connectivity index (χ1n) is 13.8. The lowest BCUT2D eigenvalue weighted by Crippen LogP contribution is -2.40. The van der Waals surface area contributed by atoms with Gasteiger partial charge in [-0.25, -0.2) is 9.78 Å². The quantitative estimate of drug-likeness (QED) is 0.378. The van der Waals surface area contributed by atoms with Crippen LogP contribution in [0.2, 0.25) is 0 Å². The smallest absolute Gasteiger partial charge is 0.329 e. The summed E-state index contributed by atoms with van der Waals surface area (Å²) in [6, 6.07) is 16.3. The van der Waals surface area contributed by atoms with Crippen LogP contribution in [0, 0.1) is 6.92 Å². The van der Waals surface area contributed by atoms with E-state index in [4.69, 9.17) is 4.74 Å². The van der Waals surface area contributed by atoms with Crippen LogP contribution in [-0.4, -0.2) is 70.8 Å². The summed E-state index contributed by atoms with van der Waals surface area (Å²) in [4.78, 5) is 53.2. The van der Waals surface area contributed by atoms with Crippen molar-refractivity contribution in [3.63, 3.8) is 0 Å². The second kappa shape index (κ2) is 11.5. The summed E-state index contributed by atoms with van der Waals surface area (Å²) < 4.78 is 6.82. The molecule has 6 rings (SSSR count). The van der Waals surface area contributed by atoms with Crippen LogP contribution in [-0.2, 0) is 11.8 Å². The van der Waals surface area contributed by atoms with E-state index in [2.05, 4.69) is 15.3 Å². The molecule has 0 unspecified atom stereocenters. The number of anilines is 4. The van der Waals surface area contributed by atoms with Crippen molar-refractivity contribution in [2.45, 2.75) is 6.92 Å². The monoisotopic (exact) mass is 565 g/mol. The lowest BCUT2D eigenvalue weighted by atomic mass is 10.0. The van der Waals surface area contributed by atoms with Crippen molar-refractivity contribution < 1.29 is 14.3 Å². The third-order valence-corrected chi connectivity index (χ3v) is 7.62. The molecule has 214 valence electrons. The number of aryl methyl sites for hydroxylation is 1. The molecule has 2 aliphatic rings. The van der Waals surface area contributed by atoms with Gasteiger partial charge in [0.15, 0.2) is 5.82 Å². The Hall–Kier alpha value is -5.03. The van der Waals surface area contributed by atoms with Crippen molar-refractivity contribution in [3.8, 4) is 11.3 Å². The molecule has 0 aliphatic carbocycles. The van der Waals surface area contributed by atoms with E-state index in [0.29, 0.717) is 56.3 Å². The Bertz CT molecular complexity index is 1680. The number of carbonyl (C=O) groups excluding carboxylic acids is 2. The minimum absolute atomic E-state index is 0.0448. The number of amides is 3. The van der Waals surface area contributed by atoms with Crippen LogP contribution < -0.4 is 20.7 Å². The molecular weight excluding hydrogens is 534 g/mol. The topological polar surface area (TPSA) is 113 Å². The number of hydrogen-bond donors (Lipinski definition) is 1. The predicted octanol–water partition coefficient (Wildman–Crippen LogP) is 3.81. The van der Waals surface area contributed by atoms with Gasteiger partial charge in [-0.1, -0.05) is 12.1 Å². The number of nitrogens with one attached hydrogen (secondary N) is 1. The highest BCUT2D eigenvalue weighted by Gasteiger charge is 2.32. The van der Waals surface area contributed by atoms with Gasteiger partial charge >= 0.3 is 6.03 Å². The molecule has 2 aromatic carbocycles. The molecule has 2 fully saturated rings. The van der Waals surface area contributed by atoms with Gasteiger partial charge in [0.05, 0.1) is 18.9 Å². The van der Waals surface area contributed by atoms with Gasteiger partial charge in [-0.3, -0.25) is 24.4 Å². The molecule has 3 amide bonds. The second-order valence-electron chi connectivity index (χ2n) is 10.2. The number of pyridine rings is 1. The van der Waals surface area contributed by atoms with Crippen LogP contribution in [0.15, 0.2) is 78.0 Å². The van der Waals surface area contributed by atoms with Crippen LogP contribution in [0.1, 0.15) is 15.9 Å². The molecule has 0 spiro atoms. The molecule has 0 atom stereocenters. The van der Waals surface area contributed by atoms with Crippen LogP contribution >= 0.6 is 0 Å². The average molecular weight is 566 g/mol. The van der Waals surface area contributed by atoms with E-state index in [1.165, 1.54) is 4.57 Å². The first-order chi connectivity index (χ1) is 20.4. The molecule has 4 heterocycles. The first kappa shape index (κ1) is 27.2. The predicted molar refractivity (Wildman–Crippen MR) is 160 cm³/mol. The van der Waals surface area contributed by atoms with E-state index in [0.717, 1.165) is 22.5 Å². The lowest BCUT2D eigenvalue weighted by molar-refractivity contribution is 0.0303. The maximum atomic E-state index is 13.3. The van der Waals surface area contributed by atoms with Crippen molar-refractivity contribution in [1.29, 1.82) is 0 Å². The molecule has 2 aromatic heterocycles. The van der Waals surface area contributed by atoms with Gasteiger partial charge in [0.1, 0.15) is 0 Å². The normalized spacial score (nSPS) is 15.3. The Morgan fingerprint density at radius 1 is 0.905 bits per heavy atom. The highest BCUT2D eigenvalue weighted by atomic mass is 16.5. The maximum absolute atomic E-state index is 13.3. The van der Waals surface area contributed by atoms with Crippen molar-refractivity contribution in [2.75, 3.05) is 54.5 Å². The van der Waals surface area contributed by atoms with E-state index in [1.54, 1.807) is 64.6 Å². The number of carbonyl (C=O) groups is 2. The summed E-state index contributed by atoms with van der Waals surface area (Å²) in [6.45, 7) is 5.28. The van der Waals surface area contributed by atoms with Gasteiger partial charge in [0.25, 0.3) is 11.5 Å². The minimum Gasteiger partial charge on any atom is -0.378 e. The van der Waals surface area contributed by atoms with Gasteiger partial charge in [-0.2, -0.15) is 0 Å². The molecule has 11 nitrogen and oxygen atoms in total.